The number of rotatable bonds is 2. The molecule has 5 heteroatoms. The van der Waals surface area contributed by atoms with Crippen LogP contribution in [0.4, 0.5) is 10.2 Å². The molecule has 0 amide bonds. The topological polar surface area (TPSA) is 16.1 Å². The van der Waals surface area contributed by atoms with Crippen molar-refractivity contribution >= 4 is 37.7 Å². The molecular weight excluding hydrogens is 339 g/mol. The Bertz CT molecular complexity index is 365. The zero-order chi connectivity index (χ0) is 11.5. The monoisotopic (exact) mass is 350 g/mol. The van der Waals surface area contributed by atoms with Crippen LogP contribution >= 0.6 is 31.9 Å². The molecule has 16 heavy (non-hydrogen) atoms. The van der Waals surface area contributed by atoms with Crippen LogP contribution in [-0.4, -0.2) is 23.4 Å². The Kier molecular flexibility index (Phi) is 4.19. The fourth-order valence-corrected chi connectivity index (χ4v) is 2.89. The summed E-state index contributed by atoms with van der Waals surface area (Å²) in [5.41, 5.74) is 0. The highest BCUT2D eigenvalue weighted by atomic mass is 79.9. The maximum absolute atomic E-state index is 13.7. The highest BCUT2D eigenvalue weighted by Crippen LogP contribution is 2.26. The van der Waals surface area contributed by atoms with Crippen LogP contribution in [0.5, 0.6) is 0 Å². The summed E-state index contributed by atoms with van der Waals surface area (Å²) < 4.78 is 14.4. The van der Waals surface area contributed by atoms with Crippen molar-refractivity contribution in [3.8, 4) is 0 Å². The summed E-state index contributed by atoms with van der Waals surface area (Å²) in [4.78, 5) is 6.17. The molecule has 1 saturated heterocycles. The van der Waals surface area contributed by atoms with E-state index in [1.807, 2.05) is 4.90 Å². The molecule has 1 aliphatic heterocycles. The van der Waals surface area contributed by atoms with Crippen molar-refractivity contribution < 1.29 is 4.39 Å². The van der Waals surface area contributed by atoms with E-state index in [9.17, 15) is 4.39 Å². The number of anilines is 1. The molecule has 0 aromatic carbocycles. The van der Waals surface area contributed by atoms with Crippen molar-refractivity contribution in [3.05, 3.63) is 22.6 Å². The van der Waals surface area contributed by atoms with Crippen molar-refractivity contribution in [1.82, 2.24) is 4.98 Å². The van der Waals surface area contributed by atoms with Crippen molar-refractivity contribution in [1.29, 1.82) is 0 Å². The van der Waals surface area contributed by atoms with Crippen LogP contribution in [0.25, 0.3) is 0 Å². The number of hydrogen-bond donors (Lipinski definition) is 0. The minimum absolute atomic E-state index is 0.244. The summed E-state index contributed by atoms with van der Waals surface area (Å²) in [6.07, 6.45) is 3.85. The smallest absolute Gasteiger partial charge is 0.166 e. The Morgan fingerprint density at radius 3 is 2.69 bits per heavy atom. The van der Waals surface area contributed by atoms with Gasteiger partial charge in [0.2, 0.25) is 0 Å². The van der Waals surface area contributed by atoms with Gasteiger partial charge in [0.15, 0.2) is 11.6 Å². The molecule has 0 N–H and O–H groups in total. The van der Waals surface area contributed by atoms with E-state index in [1.165, 1.54) is 6.07 Å². The third-order valence-corrected chi connectivity index (χ3v) is 4.27. The highest BCUT2D eigenvalue weighted by molar-refractivity contribution is 9.10. The molecule has 0 atom stereocenters. The number of piperidine rings is 1. The molecule has 1 aromatic rings. The third-order valence-electron chi connectivity index (χ3n) is 2.92. The quantitative estimate of drug-likeness (QED) is 0.757. The van der Waals surface area contributed by atoms with Crippen LogP contribution in [-0.2, 0) is 0 Å². The average Bonchev–Trinajstić information content (AvgIpc) is 2.29. The lowest BCUT2D eigenvalue weighted by atomic mass is 9.99. The summed E-state index contributed by atoms with van der Waals surface area (Å²) >= 11 is 6.71. The Balaban J connectivity index is 2.08. The lowest BCUT2D eigenvalue weighted by Crippen LogP contribution is -2.35. The number of alkyl halides is 1. The number of pyridine rings is 1. The number of aromatic nitrogens is 1. The zero-order valence-electron chi connectivity index (χ0n) is 8.80. The number of halogens is 3. The molecule has 0 radical (unpaired) electrons. The van der Waals surface area contributed by atoms with Crippen LogP contribution in [0.15, 0.2) is 16.7 Å². The molecule has 0 bridgehead atoms. The summed E-state index contributed by atoms with van der Waals surface area (Å²) in [6, 6.07) is 1.47. The summed E-state index contributed by atoms with van der Waals surface area (Å²) in [5, 5.41) is 1.04. The summed E-state index contributed by atoms with van der Waals surface area (Å²) in [6.45, 7) is 1.78. The van der Waals surface area contributed by atoms with Gasteiger partial charge in [-0.15, -0.1) is 0 Å². The van der Waals surface area contributed by atoms with Crippen LogP contribution < -0.4 is 4.90 Å². The first kappa shape index (κ1) is 12.3. The fourth-order valence-electron chi connectivity index (χ4n) is 1.94. The standard InChI is InChI=1S/C11H13Br2FN2/c12-6-8-1-3-16(4-2-8)11-10(14)5-9(13)7-15-11/h5,7-8H,1-4,6H2. The molecule has 0 spiro atoms. The second-order valence-corrected chi connectivity index (χ2v) is 5.61. The SMILES string of the molecule is Fc1cc(Br)cnc1N1CCC(CBr)CC1. The van der Waals surface area contributed by atoms with Crippen LogP contribution in [0.2, 0.25) is 0 Å². The minimum atomic E-state index is -0.244. The second kappa shape index (κ2) is 5.45. The first-order chi connectivity index (χ1) is 7.70. The Hall–Kier alpha value is -0.160. The molecule has 1 fully saturated rings. The Morgan fingerprint density at radius 1 is 1.44 bits per heavy atom. The molecule has 1 aromatic heterocycles. The second-order valence-electron chi connectivity index (χ2n) is 4.04. The first-order valence-electron chi connectivity index (χ1n) is 5.32. The van der Waals surface area contributed by atoms with E-state index in [1.54, 1.807) is 6.20 Å². The van der Waals surface area contributed by atoms with Crippen molar-refractivity contribution in [2.24, 2.45) is 5.92 Å². The molecule has 0 unspecified atom stereocenters. The van der Waals surface area contributed by atoms with Gasteiger partial charge in [0.1, 0.15) is 0 Å². The Morgan fingerprint density at radius 2 is 2.12 bits per heavy atom. The molecule has 2 rings (SSSR count). The van der Waals surface area contributed by atoms with E-state index in [4.69, 9.17) is 0 Å². The van der Waals surface area contributed by atoms with Gasteiger partial charge < -0.3 is 4.90 Å². The largest absolute Gasteiger partial charge is 0.354 e. The van der Waals surface area contributed by atoms with Gasteiger partial charge in [-0.25, -0.2) is 9.37 Å². The van der Waals surface area contributed by atoms with Crippen molar-refractivity contribution in [2.75, 3.05) is 23.3 Å². The van der Waals surface area contributed by atoms with Gasteiger partial charge >= 0.3 is 0 Å². The molecule has 2 heterocycles. The van der Waals surface area contributed by atoms with E-state index in [-0.39, 0.29) is 5.82 Å². The van der Waals surface area contributed by atoms with Gasteiger partial charge in [-0.1, -0.05) is 15.9 Å². The first-order valence-corrected chi connectivity index (χ1v) is 7.24. The molecular formula is C11H13Br2FN2. The third kappa shape index (κ3) is 2.74. The van der Waals surface area contributed by atoms with Gasteiger partial charge in [0, 0.05) is 29.1 Å². The van der Waals surface area contributed by atoms with Crippen molar-refractivity contribution in [3.63, 3.8) is 0 Å². The number of nitrogens with zero attached hydrogens (tertiary/aromatic N) is 2. The van der Waals surface area contributed by atoms with Gasteiger partial charge in [-0.3, -0.25) is 0 Å². The maximum Gasteiger partial charge on any atom is 0.166 e. The van der Waals surface area contributed by atoms with Crippen LogP contribution in [0.3, 0.4) is 0 Å². The zero-order valence-corrected chi connectivity index (χ0v) is 12.0. The lowest BCUT2D eigenvalue weighted by Gasteiger charge is -2.32. The molecule has 88 valence electrons. The van der Waals surface area contributed by atoms with E-state index in [0.717, 1.165) is 37.2 Å². The van der Waals surface area contributed by atoms with Gasteiger partial charge in [-0.05, 0) is 40.8 Å². The molecule has 0 aliphatic carbocycles. The lowest BCUT2D eigenvalue weighted by molar-refractivity contribution is 0.440. The maximum atomic E-state index is 13.7. The average molecular weight is 352 g/mol. The minimum Gasteiger partial charge on any atom is -0.354 e. The van der Waals surface area contributed by atoms with Crippen LogP contribution in [0.1, 0.15) is 12.8 Å². The summed E-state index contributed by atoms with van der Waals surface area (Å²) in [5.74, 6) is 0.956. The van der Waals surface area contributed by atoms with Crippen molar-refractivity contribution in [2.45, 2.75) is 12.8 Å². The predicted octanol–water partition coefficient (Wildman–Crippen LogP) is 3.59. The van der Waals surface area contributed by atoms with E-state index in [0.29, 0.717) is 10.3 Å². The molecule has 2 nitrogen and oxygen atoms in total. The predicted molar refractivity (Wildman–Crippen MR) is 70.6 cm³/mol. The molecule has 1 aliphatic rings. The highest BCUT2D eigenvalue weighted by Gasteiger charge is 2.21. The van der Waals surface area contributed by atoms with E-state index < -0.39 is 0 Å². The molecule has 0 saturated carbocycles. The fraction of sp³-hybridized carbons (Fsp3) is 0.545. The van der Waals surface area contributed by atoms with Gasteiger partial charge in [-0.2, -0.15) is 0 Å². The van der Waals surface area contributed by atoms with E-state index in [2.05, 4.69) is 36.8 Å². The van der Waals surface area contributed by atoms with E-state index >= 15 is 0 Å². The van der Waals surface area contributed by atoms with Gasteiger partial charge in [0.25, 0.3) is 0 Å². The van der Waals surface area contributed by atoms with Crippen LogP contribution in [0, 0.1) is 11.7 Å². The number of hydrogen-bond acceptors (Lipinski definition) is 2. The Labute approximate surface area is 111 Å². The normalized spacial score (nSPS) is 17.8. The summed E-state index contributed by atoms with van der Waals surface area (Å²) in [7, 11) is 0. The van der Waals surface area contributed by atoms with Gasteiger partial charge in [0.05, 0.1) is 0 Å².